The van der Waals surface area contributed by atoms with Crippen LogP contribution in [0.4, 0.5) is 8.78 Å². The lowest BCUT2D eigenvalue weighted by molar-refractivity contribution is -0.130. The van der Waals surface area contributed by atoms with E-state index < -0.39 is 17.6 Å². The fourth-order valence-corrected chi connectivity index (χ4v) is 5.58. The van der Waals surface area contributed by atoms with Gasteiger partial charge in [0.2, 0.25) is 11.8 Å². The van der Waals surface area contributed by atoms with Crippen molar-refractivity contribution in [2.75, 3.05) is 39.3 Å². The molecule has 0 unspecified atom stereocenters. The highest BCUT2D eigenvalue weighted by atomic mass is 19.2. The van der Waals surface area contributed by atoms with Crippen molar-refractivity contribution in [3.63, 3.8) is 0 Å². The molecule has 9 nitrogen and oxygen atoms in total. The van der Waals surface area contributed by atoms with Crippen molar-refractivity contribution in [2.45, 2.75) is 38.5 Å². The maximum Gasteiger partial charge on any atom is 0.276 e. The number of hydrogen-bond acceptors (Lipinski definition) is 6. The highest BCUT2D eigenvalue weighted by molar-refractivity contribution is 5.93. The number of amides is 3. The second-order valence-electron chi connectivity index (χ2n) is 11.0. The van der Waals surface area contributed by atoms with Crippen LogP contribution in [0.15, 0.2) is 53.3 Å². The lowest BCUT2D eigenvalue weighted by Gasteiger charge is -2.24. The molecular weight excluding hydrogens is 546 g/mol. The minimum absolute atomic E-state index is 0.0110. The molecule has 222 valence electrons. The van der Waals surface area contributed by atoms with Gasteiger partial charge in [0.25, 0.3) is 5.91 Å². The van der Waals surface area contributed by atoms with E-state index in [2.05, 4.69) is 10.3 Å². The third kappa shape index (κ3) is 6.29. The third-order valence-electron chi connectivity index (χ3n) is 7.81. The van der Waals surface area contributed by atoms with Gasteiger partial charge >= 0.3 is 0 Å². The molecule has 2 bridgehead atoms. The average molecular weight is 581 g/mol. The molecule has 1 fully saturated rings. The number of carbonyl (C=O) groups excluding carboxylic acids is 3. The van der Waals surface area contributed by atoms with Crippen LogP contribution in [0, 0.1) is 17.6 Å². The highest BCUT2D eigenvalue weighted by Crippen LogP contribution is 2.35. The fraction of sp³-hybridized carbons (Fsp3) is 0.419. The monoisotopic (exact) mass is 580 g/mol. The van der Waals surface area contributed by atoms with Crippen LogP contribution < -0.4 is 10.1 Å². The number of ether oxygens (including phenoxy) is 1. The molecule has 0 saturated carbocycles. The summed E-state index contributed by atoms with van der Waals surface area (Å²) in [4.78, 5) is 47.3. The van der Waals surface area contributed by atoms with E-state index in [0.717, 1.165) is 11.6 Å². The summed E-state index contributed by atoms with van der Waals surface area (Å²) in [6.07, 6.45) is 1.47. The zero-order valence-electron chi connectivity index (χ0n) is 23.6. The van der Waals surface area contributed by atoms with Crippen molar-refractivity contribution >= 4 is 17.7 Å². The number of nitrogens with one attached hydrogen (secondary N) is 1. The van der Waals surface area contributed by atoms with E-state index in [9.17, 15) is 23.2 Å². The highest BCUT2D eigenvalue weighted by Gasteiger charge is 2.40. The minimum atomic E-state index is -1.04. The Morgan fingerprint density at radius 2 is 1.86 bits per heavy atom. The largest absolute Gasteiger partial charge is 0.492 e. The van der Waals surface area contributed by atoms with Crippen LogP contribution in [0.1, 0.15) is 59.5 Å². The Morgan fingerprint density at radius 1 is 1.07 bits per heavy atom. The maximum atomic E-state index is 14.2. The molecule has 11 heteroatoms. The van der Waals surface area contributed by atoms with Crippen molar-refractivity contribution in [3.8, 4) is 5.75 Å². The van der Waals surface area contributed by atoms with Gasteiger partial charge in [-0.1, -0.05) is 38.1 Å². The van der Waals surface area contributed by atoms with E-state index in [4.69, 9.17) is 9.15 Å². The molecule has 1 saturated heterocycles. The minimum Gasteiger partial charge on any atom is -0.492 e. The van der Waals surface area contributed by atoms with Crippen LogP contribution in [-0.2, 0) is 16.0 Å². The molecule has 2 atom stereocenters. The topological polar surface area (TPSA) is 105 Å². The zero-order valence-corrected chi connectivity index (χ0v) is 23.6. The van der Waals surface area contributed by atoms with Gasteiger partial charge in [-0.15, -0.1) is 0 Å². The summed E-state index contributed by atoms with van der Waals surface area (Å²) < 4.78 is 39.4. The molecule has 1 aromatic heterocycles. The molecule has 2 aromatic carbocycles. The Hall–Kier alpha value is -4.28. The standard InChI is InChI=1S/C31H34F2N4O5/c1-19(2)29-28(35-18-42-29)31(40)36-11-5-10-34-30(39)24-17-37(26(38)15-21-7-4-9-25(32)27(21)33)16-23(24)20-6-3-8-22(14-20)41-13-12-36/h3-4,6-9,14,18-19,23-24H,5,10-13,15-17H2,1-2H3,(H,34,39)/t23-,24+/m1/s1. The van der Waals surface area contributed by atoms with Crippen LogP contribution >= 0.6 is 0 Å². The molecule has 5 rings (SSSR count). The van der Waals surface area contributed by atoms with Crippen LogP contribution in [0.25, 0.3) is 0 Å². The van der Waals surface area contributed by atoms with E-state index in [1.807, 2.05) is 32.0 Å². The molecule has 3 amide bonds. The molecule has 42 heavy (non-hydrogen) atoms. The predicted octanol–water partition coefficient (Wildman–Crippen LogP) is 3.90. The molecular formula is C31H34F2N4O5. The normalized spacial score (nSPS) is 19.6. The summed E-state index contributed by atoms with van der Waals surface area (Å²) in [5.41, 5.74) is 1.08. The Kier molecular flexibility index (Phi) is 8.84. The predicted molar refractivity (Wildman–Crippen MR) is 149 cm³/mol. The van der Waals surface area contributed by atoms with Gasteiger partial charge in [0.1, 0.15) is 18.1 Å². The van der Waals surface area contributed by atoms with Gasteiger partial charge in [-0.25, -0.2) is 13.8 Å². The zero-order chi connectivity index (χ0) is 29.8. The van der Waals surface area contributed by atoms with Crippen LogP contribution in [0.2, 0.25) is 0 Å². The van der Waals surface area contributed by atoms with Gasteiger partial charge in [-0.2, -0.15) is 0 Å². The summed E-state index contributed by atoms with van der Waals surface area (Å²) in [6.45, 7) is 5.51. The second kappa shape index (κ2) is 12.7. The first-order valence-electron chi connectivity index (χ1n) is 14.2. The summed E-state index contributed by atoms with van der Waals surface area (Å²) in [5.74, 6) is -2.68. The SMILES string of the molecule is CC(C)c1ocnc1C(=O)N1CCCNC(=O)[C@H]2CN(C(=O)Cc3cccc(F)c3F)C[C@@H]2c2cccc(c2)OCC1. The summed E-state index contributed by atoms with van der Waals surface area (Å²) >= 11 is 0. The van der Waals surface area contributed by atoms with Crippen molar-refractivity contribution < 1.29 is 32.3 Å². The van der Waals surface area contributed by atoms with Crippen molar-refractivity contribution in [2.24, 2.45) is 5.92 Å². The number of nitrogens with zero attached hydrogens (tertiary/aromatic N) is 3. The number of fused-ring (bicyclic) bond motifs is 4. The van der Waals surface area contributed by atoms with E-state index in [1.165, 1.54) is 23.4 Å². The van der Waals surface area contributed by atoms with Crippen LogP contribution in [0.3, 0.4) is 0 Å². The summed E-state index contributed by atoms with van der Waals surface area (Å²) in [7, 11) is 0. The van der Waals surface area contributed by atoms with Crippen molar-refractivity contribution in [1.29, 1.82) is 0 Å². The van der Waals surface area contributed by atoms with Gasteiger partial charge < -0.3 is 24.3 Å². The van der Waals surface area contributed by atoms with Gasteiger partial charge in [-0.3, -0.25) is 14.4 Å². The molecule has 2 aliphatic rings. The number of hydrogen-bond donors (Lipinski definition) is 1. The van der Waals surface area contributed by atoms with E-state index >= 15 is 0 Å². The van der Waals surface area contributed by atoms with E-state index in [1.54, 1.807) is 11.0 Å². The second-order valence-corrected chi connectivity index (χ2v) is 11.0. The van der Waals surface area contributed by atoms with Gasteiger partial charge in [0.05, 0.1) is 18.9 Å². The molecule has 2 aliphatic heterocycles. The molecule has 3 heterocycles. The van der Waals surface area contributed by atoms with Crippen molar-refractivity contribution in [1.82, 2.24) is 20.1 Å². The van der Waals surface area contributed by atoms with Gasteiger partial charge in [0, 0.05) is 43.6 Å². The Balaban J connectivity index is 1.33. The lowest BCUT2D eigenvalue weighted by Crippen LogP contribution is -2.39. The fourth-order valence-electron chi connectivity index (χ4n) is 5.58. The number of likely N-dealkylation sites (tertiary alicyclic amines) is 1. The third-order valence-corrected chi connectivity index (χ3v) is 7.81. The maximum absolute atomic E-state index is 14.2. The molecule has 0 spiro atoms. The first-order valence-corrected chi connectivity index (χ1v) is 14.2. The first kappa shape index (κ1) is 29.2. The van der Waals surface area contributed by atoms with Crippen molar-refractivity contribution in [3.05, 3.63) is 83.1 Å². The number of halogens is 2. The van der Waals surface area contributed by atoms with E-state index in [0.29, 0.717) is 37.6 Å². The van der Waals surface area contributed by atoms with Crippen LogP contribution in [0.5, 0.6) is 5.75 Å². The summed E-state index contributed by atoms with van der Waals surface area (Å²) in [6, 6.07) is 11.1. The Bertz CT molecular complexity index is 1460. The number of carbonyl (C=O) groups is 3. The van der Waals surface area contributed by atoms with Gasteiger partial charge in [0.15, 0.2) is 23.7 Å². The average Bonchev–Trinajstić information content (AvgIpc) is 3.65. The lowest BCUT2D eigenvalue weighted by atomic mass is 9.88. The van der Waals surface area contributed by atoms with E-state index in [-0.39, 0.29) is 66.9 Å². The smallest absolute Gasteiger partial charge is 0.276 e. The number of oxazole rings is 1. The summed E-state index contributed by atoms with van der Waals surface area (Å²) in [5, 5.41) is 2.98. The molecule has 1 N–H and O–H groups in total. The number of rotatable bonds is 4. The van der Waals surface area contributed by atoms with Gasteiger partial charge in [-0.05, 0) is 30.2 Å². The quantitative estimate of drug-likeness (QED) is 0.502. The first-order chi connectivity index (χ1) is 20.2. The Morgan fingerprint density at radius 3 is 2.67 bits per heavy atom. The van der Waals surface area contributed by atoms with Crippen LogP contribution in [-0.4, -0.2) is 71.8 Å². The number of aromatic nitrogens is 1. The molecule has 0 aliphatic carbocycles. The Labute approximate surface area is 242 Å². The number of benzene rings is 2. The molecule has 0 radical (unpaired) electrons. The molecule has 3 aromatic rings.